The van der Waals surface area contributed by atoms with Crippen molar-refractivity contribution in [3.8, 4) is 11.5 Å². The number of rotatable bonds is 6. The van der Waals surface area contributed by atoms with Crippen LogP contribution in [0.25, 0.3) is 0 Å². The first-order valence-electron chi connectivity index (χ1n) is 6.21. The molecule has 100 valence electrons. The maximum Gasteiger partial charge on any atom is 0.216 e. The molecule has 4 heteroatoms. The predicted octanol–water partition coefficient (Wildman–Crippen LogP) is 2.69. The summed E-state index contributed by atoms with van der Waals surface area (Å²) < 4.78 is 12.8. The number of carbonyl (C=O) groups is 1. The lowest BCUT2D eigenvalue weighted by molar-refractivity contribution is 0.0911. The molecule has 0 amide bonds. The molecule has 0 N–H and O–H groups in total. The van der Waals surface area contributed by atoms with Gasteiger partial charge in [0.1, 0.15) is 0 Å². The highest BCUT2D eigenvalue weighted by Crippen LogP contribution is 2.26. The molecule has 19 heavy (non-hydrogen) atoms. The first-order chi connectivity index (χ1) is 9.22. The molecule has 1 aromatic carbocycles. The first kappa shape index (κ1) is 13.2. The van der Waals surface area contributed by atoms with Crippen molar-refractivity contribution in [3.05, 3.63) is 48.3 Å². The quantitative estimate of drug-likeness (QED) is 0.749. The molecule has 0 aliphatic heterocycles. The van der Waals surface area contributed by atoms with E-state index in [0.29, 0.717) is 23.8 Å². The number of para-hydroxylation sites is 2. The minimum atomic E-state index is -0.0567. The van der Waals surface area contributed by atoms with Gasteiger partial charge in [-0.3, -0.25) is 4.79 Å². The van der Waals surface area contributed by atoms with Crippen LogP contribution in [0.15, 0.2) is 42.6 Å². The Balaban J connectivity index is 2.03. The lowest BCUT2D eigenvalue weighted by Crippen LogP contribution is -2.15. The molecule has 0 aliphatic carbocycles. The third kappa shape index (κ3) is 3.16. The Morgan fingerprint density at radius 3 is 2.37 bits per heavy atom. The minimum Gasteiger partial charge on any atom is -0.490 e. The topological polar surface area (TPSA) is 40.5 Å². The number of carbonyl (C=O) groups excluding carboxylic acids is 1. The Morgan fingerprint density at radius 2 is 1.79 bits per heavy atom. The largest absolute Gasteiger partial charge is 0.490 e. The van der Waals surface area contributed by atoms with Crippen LogP contribution in [0.3, 0.4) is 0 Å². The Bertz CT molecular complexity index is 560. The molecule has 2 rings (SSSR count). The Kier molecular flexibility index (Phi) is 4.23. The first-order valence-corrected chi connectivity index (χ1v) is 6.21. The average Bonchev–Trinajstić information content (AvgIpc) is 2.84. The van der Waals surface area contributed by atoms with E-state index >= 15 is 0 Å². The maximum atomic E-state index is 12.0. The number of Topliss-reactive ketones (excluding diaryl/α,β-unsaturated/α-hetero) is 1. The SMILES string of the molecule is CCOc1ccccc1OCC(=O)c1cccn1C. The van der Waals surface area contributed by atoms with E-state index in [1.807, 2.05) is 44.4 Å². The third-order valence-corrected chi connectivity index (χ3v) is 2.74. The van der Waals surface area contributed by atoms with Crippen LogP contribution in [0, 0.1) is 0 Å². The molecule has 4 nitrogen and oxygen atoms in total. The zero-order valence-electron chi connectivity index (χ0n) is 11.1. The van der Waals surface area contributed by atoms with Crippen molar-refractivity contribution in [2.75, 3.05) is 13.2 Å². The summed E-state index contributed by atoms with van der Waals surface area (Å²) in [4.78, 5) is 12.0. The van der Waals surface area contributed by atoms with Crippen molar-refractivity contribution >= 4 is 5.78 Å². The molecule has 0 aliphatic rings. The molecule has 0 radical (unpaired) electrons. The highest BCUT2D eigenvalue weighted by Gasteiger charge is 2.11. The van der Waals surface area contributed by atoms with Crippen LogP contribution >= 0.6 is 0 Å². The molecule has 2 aromatic rings. The minimum absolute atomic E-state index is 0.00193. The van der Waals surface area contributed by atoms with Gasteiger partial charge in [-0.1, -0.05) is 12.1 Å². The summed E-state index contributed by atoms with van der Waals surface area (Å²) in [5.74, 6) is 1.19. The van der Waals surface area contributed by atoms with E-state index in [0.717, 1.165) is 0 Å². The molecule has 0 bridgehead atoms. The highest BCUT2D eigenvalue weighted by molar-refractivity contribution is 5.95. The van der Waals surface area contributed by atoms with Gasteiger partial charge in [-0.15, -0.1) is 0 Å². The van der Waals surface area contributed by atoms with E-state index < -0.39 is 0 Å². The van der Waals surface area contributed by atoms with Crippen LogP contribution in [0.2, 0.25) is 0 Å². The molecule has 1 aromatic heterocycles. The monoisotopic (exact) mass is 259 g/mol. The van der Waals surface area contributed by atoms with Gasteiger partial charge >= 0.3 is 0 Å². The van der Waals surface area contributed by atoms with Gasteiger partial charge in [-0.25, -0.2) is 0 Å². The number of benzene rings is 1. The molecule has 0 spiro atoms. The third-order valence-electron chi connectivity index (χ3n) is 2.74. The predicted molar refractivity (Wildman–Crippen MR) is 72.8 cm³/mol. The second kappa shape index (κ2) is 6.09. The van der Waals surface area contributed by atoms with Crippen molar-refractivity contribution in [3.63, 3.8) is 0 Å². The molecule has 1 heterocycles. The normalized spacial score (nSPS) is 10.2. The molecular formula is C15H17NO3. The van der Waals surface area contributed by atoms with Gasteiger partial charge in [0.25, 0.3) is 0 Å². The second-order valence-electron chi connectivity index (χ2n) is 4.10. The van der Waals surface area contributed by atoms with Gasteiger partial charge in [0, 0.05) is 13.2 Å². The summed E-state index contributed by atoms with van der Waals surface area (Å²) in [6, 6.07) is 11.0. The molecule has 0 atom stereocenters. The van der Waals surface area contributed by atoms with Crippen molar-refractivity contribution in [1.82, 2.24) is 4.57 Å². The fraction of sp³-hybridized carbons (Fsp3) is 0.267. The number of hydrogen-bond acceptors (Lipinski definition) is 3. The van der Waals surface area contributed by atoms with E-state index in [4.69, 9.17) is 9.47 Å². The summed E-state index contributed by atoms with van der Waals surface area (Å²) in [7, 11) is 1.83. The lowest BCUT2D eigenvalue weighted by atomic mass is 10.3. The number of aryl methyl sites for hydroxylation is 1. The van der Waals surface area contributed by atoms with Crippen molar-refractivity contribution in [2.24, 2.45) is 7.05 Å². The van der Waals surface area contributed by atoms with E-state index in [9.17, 15) is 4.79 Å². The van der Waals surface area contributed by atoms with Crippen LogP contribution in [0.4, 0.5) is 0 Å². The van der Waals surface area contributed by atoms with Gasteiger partial charge in [0.2, 0.25) is 5.78 Å². The van der Waals surface area contributed by atoms with Gasteiger partial charge in [0.05, 0.1) is 12.3 Å². The number of hydrogen-bond donors (Lipinski definition) is 0. The number of ketones is 1. The second-order valence-corrected chi connectivity index (χ2v) is 4.10. The summed E-state index contributed by atoms with van der Waals surface area (Å²) in [6.45, 7) is 2.47. The summed E-state index contributed by atoms with van der Waals surface area (Å²) >= 11 is 0. The van der Waals surface area contributed by atoms with Gasteiger partial charge in [-0.05, 0) is 31.2 Å². The van der Waals surface area contributed by atoms with E-state index in [2.05, 4.69) is 0 Å². The standard InChI is InChI=1S/C15H17NO3/c1-3-18-14-8-4-5-9-15(14)19-11-13(17)12-7-6-10-16(12)2/h4-10H,3,11H2,1-2H3. The summed E-state index contributed by atoms with van der Waals surface area (Å²) in [5.41, 5.74) is 0.633. The van der Waals surface area contributed by atoms with Crippen molar-refractivity contribution in [2.45, 2.75) is 6.92 Å². The fourth-order valence-corrected chi connectivity index (χ4v) is 1.81. The van der Waals surface area contributed by atoms with Crippen LogP contribution < -0.4 is 9.47 Å². The molecule has 0 saturated carbocycles. The molecule has 0 fully saturated rings. The maximum absolute atomic E-state index is 12.0. The molecular weight excluding hydrogens is 242 g/mol. The smallest absolute Gasteiger partial charge is 0.216 e. The van der Waals surface area contributed by atoms with E-state index in [-0.39, 0.29) is 12.4 Å². The highest BCUT2D eigenvalue weighted by atomic mass is 16.5. The zero-order chi connectivity index (χ0) is 13.7. The Morgan fingerprint density at radius 1 is 1.11 bits per heavy atom. The van der Waals surface area contributed by atoms with Gasteiger partial charge in [0.15, 0.2) is 18.1 Å². The fourth-order valence-electron chi connectivity index (χ4n) is 1.81. The number of ether oxygens (including phenoxy) is 2. The van der Waals surface area contributed by atoms with Gasteiger partial charge < -0.3 is 14.0 Å². The van der Waals surface area contributed by atoms with E-state index in [1.54, 1.807) is 16.7 Å². The summed E-state index contributed by atoms with van der Waals surface area (Å²) in [5, 5.41) is 0. The lowest BCUT2D eigenvalue weighted by Gasteiger charge is -2.11. The van der Waals surface area contributed by atoms with Crippen LogP contribution in [-0.4, -0.2) is 23.6 Å². The van der Waals surface area contributed by atoms with Crippen LogP contribution in [-0.2, 0) is 7.05 Å². The summed E-state index contributed by atoms with van der Waals surface area (Å²) in [6.07, 6.45) is 1.83. The number of nitrogens with zero attached hydrogens (tertiary/aromatic N) is 1. The molecule has 0 saturated heterocycles. The zero-order valence-corrected chi connectivity index (χ0v) is 11.1. The van der Waals surface area contributed by atoms with Crippen molar-refractivity contribution < 1.29 is 14.3 Å². The van der Waals surface area contributed by atoms with Crippen LogP contribution in [0.5, 0.6) is 11.5 Å². The van der Waals surface area contributed by atoms with Crippen LogP contribution in [0.1, 0.15) is 17.4 Å². The van der Waals surface area contributed by atoms with Gasteiger partial charge in [-0.2, -0.15) is 0 Å². The Hall–Kier alpha value is -2.23. The Labute approximate surface area is 112 Å². The van der Waals surface area contributed by atoms with Crippen molar-refractivity contribution in [1.29, 1.82) is 0 Å². The average molecular weight is 259 g/mol. The molecule has 0 unspecified atom stereocenters. The number of aromatic nitrogens is 1. The van der Waals surface area contributed by atoms with E-state index in [1.165, 1.54) is 0 Å².